The third-order valence-corrected chi connectivity index (χ3v) is 2.28. The Balaban J connectivity index is 2.45. The number of likely N-dealkylation sites (tertiary alicyclic amines) is 1. The average Bonchev–Trinajstić information content (AvgIpc) is 2.05. The van der Waals surface area contributed by atoms with E-state index in [4.69, 9.17) is 0 Å². The summed E-state index contributed by atoms with van der Waals surface area (Å²) >= 11 is 0. The normalized spacial score (nSPS) is 24.8. The van der Waals surface area contributed by atoms with Crippen molar-refractivity contribution in [3.05, 3.63) is 12.2 Å². The van der Waals surface area contributed by atoms with E-state index in [2.05, 4.69) is 6.92 Å². The number of piperidine rings is 1. The van der Waals surface area contributed by atoms with Crippen molar-refractivity contribution >= 4 is 5.91 Å². The van der Waals surface area contributed by atoms with Gasteiger partial charge in [-0.15, -0.1) is 0 Å². The molecule has 68 valence electrons. The quantitative estimate of drug-likeness (QED) is 0.545. The highest BCUT2D eigenvalue weighted by Gasteiger charge is 2.18. The molecule has 2 nitrogen and oxygen atoms in total. The summed E-state index contributed by atoms with van der Waals surface area (Å²) in [6.07, 6.45) is 5.88. The monoisotopic (exact) mass is 167 g/mol. The van der Waals surface area contributed by atoms with E-state index in [1.165, 1.54) is 6.42 Å². The number of carbonyl (C=O) groups excluding carboxylic acids is 1. The number of carbonyl (C=O) groups is 1. The predicted molar refractivity (Wildman–Crippen MR) is 49.8 cm³/mol. The maximum Gasteiger partial charge on any atom is 0.246 e. The van der Waals surface area contributed by atoms with Crippen molar-refractivity contribution in [1.29, 1.82) is 0 Å². The molecule has 12 heavy (non-hydrogen) atoms. The van der Waals surface area contributed by atoms with E-state index in [0.717, 1.165) is 19.5 Å². The van der Waals surface area contributed by atoms with Gasteiger partial charge in [0.15, 0.2) is 0 Å². The first-order valence-corrected chi connectivity index (χ1v) is 4.65. The molecule has 1 atom stereocenters. The summed E-state index contributed by atoms with van der Waals surface area (Å²) in [5.41, 5.74) is 0. The van der Waals surface area contributed by atoms with Crippen LogP contribution >= 0.6 is 0 Å². The number of hydrogen-bond donors (Lipinski definition) is 0. The molecule has 1 heterocycles. The van der Waals surface area contributed by atoms with Crippen molar-refractivity contribution < 1.29 is 4.79 Å². The molecule has 1 aliphatic heterocycles. The van der Waals surface area contributed by atoms with Gasteiger partial charge >= 0.3 is 0 Å². The molecule has 1 saturated heterocycles. The number of rotatable bonds is 1. The lowest BCUT2D eigenvalue weighted by Gasteiger charge is -2.29. The topological polar surface area (TPSA) is 20.3 Å². The lowest BCUT2D eigenvalue weighted by molar-refractivity contribution is -0.127. The lowest BCUT2D eigenvalue weighted by Crippen LogP contribution is -2.38. The van der Waals surface area contributed by atoms with Gasteiger partial charge < -0.3 is 4.90 Å². The fourth-order valence-corrected chi connectivity index (χ4v) is 1.64. The minimum Gasteiger partial charge on any atom is -0.339 e. The van der Waals surface area contributed by atoms with Crippen LogP contribution < -0.4 is 0 Å². The smallest absolute Gasteiger partial charge is 0.246 e. The lowest BCUT2D eigenvalue weighted by atomic mass is 10.0. The van der Waals surface area contributed by atoms with E-state index >= 15 is 0 Å². The highest BCUT2D eigenvalue weighted by atomic mass is 16.2. The Bertz CT molecular complexity index is 186. The van der Waals surface area contributed by atoms with Gasteiger partial charge in [-0.25, -0.2) is 0 Å². The molecule has 0 spiro atoms. The van der Waals surface area contributed by atoms with Crippen LogP contribution in [-0.4, -0.2) is 23.9 Å². The predicted octanol–water partition coefficient (Wildman–Crippen LogP) is 1.82. The minimum absolute atomic E-state index is 0.170. The van der Waals surface area contributed by atoms with Gasteiger partial charge in [-0.3, -0.25) is 4.79 Å². The van der Waals surface area contributed by atoms with Crippen LogP contribution in [0.5, 0.6) is 0 Å². The molecule has 0 bridgehead atoms. The highest BCUT2D eigenvalue weighted by molar-refractivity contribution is 5.87. The second-order valence-corrected chi connectivity index (χ2v) is 3.53. The van der Waals surface area contributed by atoms with E-state index in [1.54, 1.807) is 6.08 Å². The average molecular weight is 167 g/mol. The van der Waals surface area contributed by atoms with Crippen LogP contribution in [0.2, 0.25) is 0 Å². The van der Waals surface area contributed by atoms with Gasteiger partial charge in [0.2, 0.25) is 5.91 Å². The molecular formula is C10H17NO. The number of amides is 1. The van der Waals surface area contributed by atoms with Crippen molar-refractivity contribution in [2.24, 2.45) is 5.92 Å². The first kappa shape index (κ1) is 9.30. The summed E-state index contributed by atoms with van der Waals surface area (Å²) in [4.78, 5) is 13.3. The molecule has 1 aliphatic rings. The van der Waals surface area contributed by atoms with Gasteiger partial charge in [0.05, 0.1) is 0 Å². The van der Waals surface area contributed by atoms with Gasteiger partial charge in [0, 0.05) is 13.1 Å². The summed E-state index contributed by atoms with van der Waals surface area (Å²) in [6.45, 7) is 5.96. The Morgan fingerprint density at radius 1 is 1.58 bits per heavy atom. The second-order valence-electron chi connectivity index (χ2n) is 3.53. The van der Waals surface area contributed by atoms with Crippen molar-refractivity contribution in [2.45, 2.75) is 26.7 Å². The van der Waals surface area contributed by atoms with Crippen molar-refractivity contribution in [2.75, 3.05) is 13.1 Å². The molecule has 0 aromatic rings. The van der Waals surface area contributed by atoms with Crippen molar-refractivity contribution in [1.82, 2.24) is 4.90 Å². The first-order chi connectivity index (χ1) is 5.74. The van der Waals surface area contributed by atoms with Gasteiger partial charge in [0.1, 0.15) is 0 Å². The standard InChI is InChI=1S/C10H17NO/c1-3-5-10(12)11-7-4-6-9(2)8-11/h3,5,9H,4,6-8H2,1-2H3/b5-3+/t9-/m0/s1. The zero-order valence-electron chi connectivity index (χ0n) is 7.92. The number of nitrogens with zero attached hydrogens (tertiary/aromatic N) is 1. The molecule has 0 aromatic carbocycles. The summed E-state index contributed by atoms with van der Waals surface area (Å²) < 4.78 is 0. The van der Waals surface area contributed by atoms with E-state index in [1.807, 2.05) is 17.9 Å². The van der Waals surface area contributed by atoms with Crippen LogP contribution in [0.25, 0.3) is 0 Å². The molecule has 0 saturated carbocycles. The SMILES string of the molecule is C/C=C/C(=O)N1CCC[C@H](C)C1. The van der Waals surface area contributed by atoms with Gasteiger partial charge in [0.25, 0.3) is 0 Å². The highest BCUT2D eigenvalue weighted by Crippen LogP contribution is 2.15. The Labute approximate surface area is 74.2 Å². The van der Waals surface area contributed by atoms with Crippen LogP contribution in [0.1, 0.15) is 26.7 Å². The summed E-state index contributed by atoms with van der Waals surface area (Å²) in [6, 6.07) is 0. The molecule has 1 rings (SSSR count). The fraction of sp³-hybridized carbons (Fsp3) is 0.700. The maximum absolute atomic E-state index is 11.4. The molecule has 0 aliphatic carbocycles. The minimum atomic E-state index is 0.170. The molecule has 2 heteroatoms. The van der Waals surface area contributed by atoms with Gasteiger partial charge in [-0.2, -0.15) is 0 Å². The van der Waals surface area contributed by atoms with Gasteiger partial charge in [-0.1, -0.05) is 13.0 Å². The van der Waals surface area contributed by atoms with Crippen LogP contribution in [0.4, 0.5) is 0 Å². The van der Waals surface area contributed by atoms with Crippen LogP contribution in [0.15, 0.2) is 12.2 Å². The third-order valence-electron chi connectivity index (χ3n) is 2.28. The Hall–Kier alpha value is -0.790. The summed E-state index contributed by atoms with van der Waals surface area (Å²) in [5, 5.41) is 0. The van der Waals surface area contributed by atoms with E-state index in [0.29, 0.717) is 5.92 Å². The van der Waals surface area contributed by atoms with Gasteiger partial charge in [-0.05, 0) is 31.8 Å². The largest absolute Gasteiger partial charge is 0.339 e. The zero-order chi connectivity index (χ0) is 8.97. The fourth-order valence-electron chi connectivity index (χ4n) is 1.64. The zero-order valence-corrected chi connectivity index (χ0v) is 7.92. The molecule has 1 amide bonds. The second kappa shape index (κ2) is 4.29. The van der Waals surface area contributed by atoms with E-state index in [9.17, 15) is 4.79 Å². The number of hydrogen-bond acceptors (Lipinski definition) is 1. The van der Waals surface area contributed by atoms with Crippen molar-refractivity contribution in [3.63, 3.8) is 0 Å². The molecule has 0 unspecified atom stereocenters. The van der Waals surface area contributed by atoms with Crippen molar-refractivity contribution in [3.8, 4) is 0 Å². The van der Waals surface area contributed by atoms with E-state index < -0.39 is 0 Å². The van der Waals surface area contributed by atoms with E-state index in [-0.39, 0.29) is 5.91 Å². The molecule has 1 fully saturated rings. The number of allylic oxidation sites excluding steroid dienone is 1. The first-order valence-electron chi connectivity index (χ1n) is 4.65. The van der Waals surface area contributed by atoms with Crippen LogP contribution in [0, 0.1) is 5.92 Å². The molecule has 0 N–H and O–H groups in total. The molecular weight excluding hydrogens is 150 g/mol. The van der Waals surface area contributed by atoms with Crippen LogP contribution in [0.3, 0.4) is 0 Å². The summed E-state index contributed by atoms with van der Waals surface area (Å²) in [7, 11) is 0. The maximum atomic E-state index is 11.4. The molecule has 0 aromatic heterocycles. The Kier molecular flexibility index (Phi) is 3.32. The van der Waals surface area contributed by atoms with Crippen LogP contribution in [-0.2, 0) is 4.79 Å². The Morgan fingerprint density at radius 3 is 2.92 bits per heavy atom. The third kappa shape index (κ3) is 2.36. The molecule has 0 radical (unpaired) electrons. The Morgan fingerprint density at radius 2 is 2.33 bits per heavy atom. The summed E-state index contributed by atoms with van der Waals surface area (Å²) in [5.74, 6) is 0.844.